The van der Waals surface area contributed by atoms with Gasteiger partial charge in [-0.3, -0.25) is 4.98 Å². The second-order valence-corrected chi connectivity index (χ2v) is 6.93. The molecule has 0 spiro atoms. The van der Waals surface area contributed by atoms with Gasteiger partial charge in [-0.2, -0.15) is 0 Å². The van der Waals surface area contributed by atoms with E-state index in [0.717, 1.165) is 25.3 Å². The number of aromatic nitrogens is 2. The van der Waals surface area contributed by atoms with Crippen molar-refractivity contribution in [2.24, 2.45) is 5.41 Å². The minimum atomic E-state index is 0.280. The Bertz CT molecular complexity index is 620. The quantitative estimate of drug-likeness (QED) is 0.766. The summed E-state index contributed by atoms with van der Waals surface area (Å²) in [4.78, 5) is 8.09. The van der Waals surface area contributed by atoms with Crippen molar-refractivity contribution in [1.82, 2.24) is 15.3 Å². The molecule has 0 aliphatic heterocycles. The molecular formula is C20H27N3O2. The van der Waals surface area contributed by atoms with Gasteiger partial charge < -0.3 is 15.2 Å². The second-order valence-electron chi connectivity index (χ2n) is 6.93. The maximum Gasteiger partial charge on any atom is 0.237 e. The third-order valence-electron chi connectivity index (χ3n) is 5.07. The first-order valence-electron chi connectivity index (χ1n) is 9.14. The maximum atomic E-state index is 9.40. The SMILES string of the molecule is OCCC1(CNCc2ccc(Oc3cnccn3)cc2)CCCCC1. The number of nitrogens with zero attached hydrogens (tertiary/aromatic N) is 2. The molecule has 2 N–H and O–H groups in total. The van der Waals surface area contributed by atoms with Crippen LogP contribution in [0.4, 0.5) is 0 Å². The van der Waals surface area contributed by atoms with Crippen LogP contribution in [0.5, 0.6) is 11.6 Å². The molecule has 134 valence electrons. The molecule has 1 aromatic carbocycles. The van der Waals surface area contributed by atoms with E-state index in [2.05, 4.69) is 27.4 Å². The highest BCUT2D eigenvalue weighted by Crippen LogP contribution is 2.38. The van der Waals surface area contributed by atoms with Crippen LogP contribution in [0.25, 0.3) is 0 Å². The van der Waals surface area contributed by atoms with Gasteiger partial charge in [-0.25, -0.2) is 4.98 Å². The van der Waals surface area contributed by atoms with Crippen molar-refractivity contribution in [3.05, 3.63) is 48.4 Å². The van der Waals surface area contributed by atoms with Crippen LogP contribution in [-0.4, -0.2) is 28.2 Å². The standard InChI is InChI=1S/C20H27N3O2/c24-13-10-20(8-2-1-3-9-20)16-22-14-17-4-6-18(7-5-17)25-19-15-21-11-12-23-19/h4-7,11-12,15,22,24H,1-3,8-10,13-14,16H2. The van der Waals surface area contributed by atoms with Crippen LogP contribution in [0.1, 0.15) is 44.1 Å². The van der Waals surface area contributed by atoms with E-state index in [-0.39, 0.29) is 12.0 Å². The zero-order valence-corrected chi connectivity index (χ0v) is 14.7. The smallest absolute Gasteiger partial charge is 0.237 e. The average molecular weight is 341 g/mol. The molecule has 1 heterocycles. The first-order chi connectivity index (χ1) is 12.3. The van der Waals surface area contributed by atoms with Crippen molar-refractivity contribution in [1.29, 1.82) is 0 Å². The van der Waals surface area contributed by atoms with E-state index in [9.17, 15) is 5.11 Å². The van der Waals surface area contributed by atoms with E-state index in [1.165, 1.54) is 37.7 Å². The number of aliphatic hydroxyl groups excluding tert-OH is 1. The van der Waals surface area contributed by atoms with Gasteiger partial charge in [0.05, 0.1) is 6.20 Å². The van der Waals surface area contributed by atoms with Crippen LogP contribution in [0, 0.1) is 5.41 Å². The lowest BCUT2D eigenvalue weighted by Gasteiger charge is -2.37. The van der Waals surface area contributed by atoms with Gasteiger partial charge >= 0.3 is 0 Å². The number of ether oxygens (including phenoxy) is 1. The van der Waals surface area contributed by atoms with Gasteiger partial charge in [0.15, 0.2) is 0 Å². The molecule has 5 heteroatoms. The predicted octanol–water partition coefficient (Wildman–Crippen LogP) is 3.69. The van der Waals surface area contributed by atoms with E-state index in [1.807, 2.05) is 12.1 Å². The van der Waals surface area contributed by atoms with E-state index in [4.69, 9.17) is 4.74 Å². The Balaban J connectivity index is 1.49. The Morgan fingerprint density at radius 3 is 2.56 bits per heavy atom. The predicted molar refractivity (Wildman–Crippen MR) is 97.5 cm³/mol. The highest BCUT2D eigenvalue weighted by Gasteiger charge is 2.30. The summed E-state index contributed by atoms with van der Waals surface area (Å²) >= 11 is 0. The molecule has 1 aromatic heterocycles. The molecule has 1 saturated carbocycles. The van der Waals surface area contributed by atoms with Crippen molar-refractivity contribution < 1.29 is 9.84 Å². The molecule has 1 aliphatic rings. The summed E-state index contributed by atoms with van der Waals surface area (Å²) in [7, 11) is 0. The summed E-state index contributed by atoms with van der Waals surface area (Å²) in [5.41, 5.74) is 1.50. The van der Waals surface area contributed by atoms with Gasteiger partial charge in [0, 0.05) is 32.1 Å². The summed E-state index contributed by atoms with van der Waals surface area (Å²) in [6, 6.07) is 8.04. The van der Waals surface area contributed by atoms with Gasteiger partial charge in [-0.1, -0.05) is 31.4 Å². The van der Waals surface area contributed by atoms with Crippen LogP contribution in [0.3, 0.4) is 0 Å². The third kappa shape index (κ3) is 5.25. The fourth-order valence-electron chi connectivity index (χ4n) is 3.66. The van der Waals surface area contributed by atoms with Crippen molar-refractivity contribution in [3.8, 4) is 11.6 Å². The molecule has 25 heavy (non-hydrogen) atoms. The summed E-state index contributed by atoms with van der Waals surface area (Å²) in [5.74, 6) is 1.25. The maximum absolute atomic E-state index is 9.40. The second kappa shape index (κ2) is 8.92. The molecule has 3 rings (SSSR count). The Morgan fingerprint density at radius 2 is 1.88 bits per heavy atom. The Kier molecular flexibility index (Phi) is 6.36. The van der Waals surface area contributed by atoms with E-state index in [0.29, 0.717) is 5.88 Å². The van der Waals surface area contributed by atoms with Crippen LogP contribution in [-0.2, 0) is 6.54 Å². The third-order valence-corrected chi connectivity index (χ3v) is 5.07. The molecule has 5 nitrogen and oxygen atoms in total. The zero-order chi connectivity index (χ0) is 17.4. The molecular weight excluding hydrogens is 314 g/mol. The van der Waals surface area contributed by atoms with Crippen molar-refractivity contribution >= 4 is 0 Å². The number of nitrogens with one attached hydrogen (secondary N) is 1. The fraction of sp³-hybridized carbons (Fsp3) is 0.500. The zero-order valence-electron chi connectivity index (χ0n) is 14.7. The minimum Gasteiger partial charge on any atom is -0.438 e. The highest BCUT2D eigenvalue weighted by atomic mass is 16.5. The summed E-state index contributed by atoms with van der Waals surface area (Å²) in [6.07, 6.45) is 12.1. The first-order valence-corrected chi connectivity index (χ1v) is 9.14. The van der Waals surface area contributed by atoms with E-state index < -0.39 is 0 Å². The van der Waals surface area contributed by atoms with Crippen LogP contribution >= 0.6 is 0 Å². The summed E-state index contributed by atoms with van der Waals surface area (Å²) in [5, 5.41) is 13.0. The Hall–Kier alpha value is -1.98. The lowest BCUT2D eigenvalue weighted by Crippen LogP contribution is -2.36. The van der Waals surface area contributed by atoms with E-state index in [1.54, 1.807) is 18.6 Å². The number of benzene rings is 1. The minimum absolute atomic E-state index is 0.280. The topological polar surface area (TPSA) is 67.3 Å². The Morgan fingerprint density at radius 1 is 1.08 bits per heavy atom. The Labute approximate surface area is 149 Å². The van der Waals surface area contributed by atoms with Crippen LogP contribution < -0.4 is 10.1 Å². The monoisotopic (exact) mass is 341 g/mol. The number of hydrogen-bond donors (Lipinski definition) is 2. The number of hydrogen-bond acceptors (Lipinski definition) is 5. The van der Waals surface area contributed by atoms with Crippen molar-refractivity contribution in [3.63, 3.8) is 0 Å². The molecule has 0 amide bonds. The molecule has 0 atom stereocenters. The van der Waals surface area contributed by atoms with E-state index >= 15 is 0 Å². The van der Waals surface area contributed by atoms with Crippen molar-refractivity contribution in [2.45, 2.75) is 45.1 Å². The van der Waals surface area contributed by atoms with Gasteiger partial charge in [0.1, 0.15) is 5.75 Å². The molecule has 0 unspecified atom stereocenters. The normalized spacial score (nSPS) is 16.5. The molecule has 0 bridgehead atoms. The summed E-state index contributed by atoms with van der Waals surface area (Å²) in [6.45, 7) is 2.10. The molecule has 1 aliphatic carbocycles. The fourth-order valence-corrected chi connectivity index (χ4v) is 3.66. The average Bonchev–Trinajstić information content (AvgIpc) is 2.65. The first kappa shape index (κ1) is 17.8. The lowest BCUT2D eigenvalue weighted by molar-refractivity contribution is 0.126. The summed E-state index contributed by atoms with van der Waals surface area (Å²) < 4.78 is 5.66. The van der Waals surface area contributed by atoms with Gasteiger partial charge in [-0.05, 0) is 42.4 Å². The van der Waals surface area contributed by atoms with Gasteiger partial charge in [0.25, 0.3) is 0 Å². The van der Waals surface area contributed by atoms with Crippen LogP contribution in [0.15, 0.2) is 42.9 Å². The molecule has 1 fully saturated rings. The van der Waals surface area contributed by atoms with Crippen molar-refractivity contribution in [2.75, 3.05) is 13.2 Å². The van der Waals surface area contributed by atoms with Crippen LogP contribution in [0.2, 0.25) is 0 Å². The highest BCUT2D eigenvalue weighted by molar-refractivity contribution is 5.29. The largest absolute Gasteiger partial charge is 0.438 e. The van der Waals surface area contributed by atoms with Gasteiger partial charge in [-0.15, -0.1) is 0 Å². The molecule has 2 aromatic rings. The molecule has 0 saturated heterocycles. The molecule has 0 radical (unpaired) electrons. The lowest BCUT2D eigenvalue weighted by atomic mass is 9.72. The number of aliphatic hydroxyl groups is 1. The number of rotatable bonds is 8. The van der Waals surface area contributed by atoms with Gasteiger partial charge in [0.2, 0.25) is 5.88 Å².